The van der Waals surface area contributed by atoms with Crippen molar-refractivity contribution in [3.63, 3.8) is 0 Å². The number of nitrogens with zero attached hydrogens (tertiary/aromatic N) is 1. The summed E-state index contributed by atoms with van der Waals surface area (Å²) in [6, 6.07) is 12.3. The predicted molar refractivity (Wildman–Crippen MR) is 76.8 cm³/mol. The van der Waals surface area contributed by atoms with Gasteiger partial charge in [-0.2, -0.15) is 0 Å². The molecule has 0 saturated carbocycles. The van der Waals surface area contributed by atoms with Gasteiger partial charge in [0.05, 0.1) is 6.61 Å². The molecule has 0 aliphatic heterocycles. The fraction of sp³-hybridized carbons (Fsp3) is 0.312. The Balaban J connectivity index is 1.91. The standard InChI is InChI=1S/C16H20N2O/c1-13-7-8-17-10-15(13)11-18-16(12-19)9-14-5-3-2-4-6-14/h2-8,10,16,18-19H,9,11-12H2,1H3/t16-/m0/s1. The third-order valence-corrected chi connectivity index (χ3v) is 3.27. The van der Waals surface area contributed by atoms with Gasteiger partial charge in [-0.25, -0.2) is 0 Å². The average Bonchev–Trinajstić information content (AvgIpc) is 2.46. The van der Waals surface area contributed by atoms with Crippen molar-refractivity contribution in [3.05, 3.63) is 65.5 Å². The fourth-order valence-electron chi connectivity index (χ4n) is 2.04. The van der Waals surface area contributed by atoms with Crippen molar-refractivity contribution in [3.8, 4) is 0 Å². The smallest absolute Gasteiger partial charge is 0.0587 e. The van der Waals surface area contributed by atoms with Gasteiger partial charge in [-0.3, -0.25) is 4.98 Å². The molecule has 0 radical (unpaired) electrons. The quantitative estimate of drug-likeness (QED) is 0.832. The molecule has 0 spiro atoms. The molecule has 1 aromatic carbocycles. The molecule has 0 amide bonds. The topological polar surface area (TPSA) is 45.2 Å². The lowest BCUT2D eigenvalue weighted by Crippen LogP contribution is -2.34. The zero-order valence-electron chi connectivity index (χ0n) is 11.2. The van der Waals surface area contributed by atoms with E-state index in [1.165, 1.54) is 16.7 Å². The van der Waals surface area contributed by atoms with Gasteiger partial charge in [0, 0.05) is 25.0 Å². The number of benzene rings is 1. The van der Waals surface area contributed by atoms with Crippen LogP contribution in [-0.4, -0.2) is 22.7 Å². The van der Waals surface area contributed by atoms with Crippen LogP contribution in [0.5, 0.6) is 0 Å². The molecule has 2 aromatic rings. The van der Waals surface area contributed by atoms with Crippen molar-refractivity contribution >= 4 is 0 Å². The second-order valence-corrected chi connectivity index (χ2v) is 4.75. The van der Waals surface area contributed by atoms with Gasteiger partial charge in [-0.1, -0.05) is 30.3 Å². The van der Waals surface area contributed by atoms with Crippen LogP contribution in [0.25, 0.3) is 0 Å². The highest BCUT2D eigenvalue weighted by molar-refractivity contribution is 5.21. The third-order valence-electron chi connectivity index (χ3n) is 3.27. The summed E-state index contributed by atoms with van der Waals surface area (Å²) in [7, 11) is 0. The molecule has 0 bridgehead atoms. The number of rotatable bonds is 6. The molecule has 0 aliphatic rings. The summed E-state index contributed by atoms with van der Waals surface area (Å²) < 4.78 is 0. The van der Waals surface area contributed by atoms with E-state index in [1.54, 1.807) is 6.20 Å². The molecule has 100 valence electrons. The van der Waals surface area contributed by atoms with Gasteiger partial charge in [0.25, 0.3) is 0 Å². The highest BCUT2D eigenvalue weighted by Crippen LogP contribution is 2.07. The minimum atomic E-state index is 0.0713. The molecule has 3 nitrogen and oxygen atoms in total. The van der Waals surface area contributed by atoms with Crippen molar-refractivity contribution in [2.45, 2.75) is 25.9 Å². The first-order valence-electron chi connectivity index (χ1n) is 6.57. The first-order valence-corrected chi connectivity index (χ1v) is 6.57. The molecule has 1 aromatic heterocycles. The molecular weight excluding hydrogens is 236 g/mol. The summed E-state index contributed by atoms with van der Waals surface area (Å²) in [5.41, 5.74) is 3.63. The van der Waals surface area contributed by atoms with Crippen LogP contribution in [0.3, 0.4) is 0 Å². The Kier molecular flexibility index (Phi) is 5.07. The summed E-state index contributed by atoms with van der Waals surface area (Å²) in [6.07, 6.45) is 4.50. The normalized spacial score (nSPS) is 12.3. The van der Waals surface area contributed by atoms with Crippen LogP contribution in [0.15, 0.2) is 48.8 Å². The van der Waals surface area contributed by atoms with Gasteiger partial charge in [-0.15, -0.1) is 0 Å². The van der Waals surface area contributed by atoms with Crippen molar-refractivity contribution in [2.75, 3.05) is 6.61 Å². The second kappa shape index (κ2) is 7.02. The number of aryl methyl sites for hydroxylation is 1. The monoisotopic (exact) mass is 256 g/mol. The largest absolute Gasteiger partial charge is 0.395 e. The zero-order valence-corrected chi connectivity index (χ0v) is 11.2. The summed E-state index contributed by atoms with van der Waals surface area (Å²) in [4.78, 5) is 4.13. The summed E-state index contributed by atoms with van der Waals surface area (Å²) in [6.45, 7) is 2.94. The van der Waals surface area contributed by atoms with Crippen molar-refractivity contribution < 1.29 is 5.11 Å². The molecule has 2 rings (SSSR count). The minimum absolute atomic E-state index is 0.0713. The van der Waals surface area contributed by atoms with E-state index in [0.29, 0.717) is 0 Å². The van der Waals surface area contributed by atoms with Crippen molar-refractivity contribution in [1.82, 2.24) is 10.3 Å². The number of hydrogen-bond donors (Lipinski definition) is 2. The number of aromatic nitrogens is 1. The average molecular weight is 256 g/mol. The van der Waals surface area contributed by atoms with Crippen LogP contribution in [-0.2, 0) is 13.0 Å². The molecule has 1 heterocycles. The van der Waals surface area contributed by atoms with E-state index in [4.69, 9.17) is 0 Å². The van der Waals surface area contributed by atoms with Gasteiger partial charge in [0.1, 0.15) is 0 Å². The van der Waals surface area contributed by atoms with Crippen LogP contribution < -0.4 is 5.32 Å². The Morgan fingerprint density at radius 2 is 2.00 bits per heavy atom. The molecule has 3 heteroatoms. The van der Waals surface area contributed by atoms with E-state index < -0.39 is 0 Å². The van der Waals surface area contributed by atoms with E-state index in [2.05, 4.69) is 29.4 Å². The van der Waals surface area contributed by atoms with E-state index in [1.807, 2.05) is 30.5 Å². The lowest BCUT2D eigenvalue weighted by atomic mass is 10.1. The number of pyridine rings is 1. The van der Waals surface area contributed by atoms with Crippen LogP contribution in [0.2, 0.25) is 0 Å². The summed E-state index contributed by atoms with van der Waals surface area (Å²) in [5, 5.41) is 12.8. The highest BCUT2D eigenvalue weighted by Gasteiger charge is 2.08. The predicted octanol–water partition coefficient (Wildman–Crippen LogP) is 2.08. The Hall–Kier alpha value is -1.71. The Labute approximate surface area is 114 Å². The van der Waals surface area contributed by atoms with Gasteiger partial charge in [-0.05, 0) is 36.1 Å². The number of nitrogens with one attached hydrogen (secondary N) is 1. The fourth-order valence-corrected chi connectivity index (χ4v) is 2.04. The lowest BCUT2D eigenvalue weighted by Gasteiger charge is -2.17. The first kappa shape index (κ1) is 13.7. The molecule has 1 atom stereocenters. The first-order chi connectivity index (χ1) is 9.29. The molecule has 0 fully saturated rings. The lowest BCUT2D eigenvalue weighted by molar-refractivity contribution is 0.240. The Morgan fingerprint density at radius 1 is 1.21 bits per heavy atom. The molecule has 2 N–H and O–H groups in total. The van der Waals surface area contributed by atoms with Crippen molar-refractivity contribution in [1.29, 1.82) is 0 Å². The molecular formula is C16H20N2O. The van der Waals surface area contributed by atoms with E-state index >= 15 is 0 Å². The van der Waals surface area contributed by atoms with Gasteiger partial charge in [0.15, 0.2) is 0 Å². The van der Waals surface area contributed by atoms with Crippen LogP contribution in [0.1, 0.15) is 16.7 Å². The van der Waals surface area contributed by atoms with Gasteiger partial charge >= 0.3 is 0 Å². The van der Waals surface area contributed by atoms with Crippen LogP contribution in [0.4, 0.5) is 0 Å². The number of aliphatic hydroxyl groups is 1. The van der Waals surface area contributed by atoms with Crippen LogP contribution >= 0.6 is 0 Å². The zero-order chi connectivity index (χ0) is 13.5. The third kappa shape index (κ3) is 4.16. The SMILES string of the molecule is Cc1ccncc1CN[C@H](CO)Cc1ccccc1. The maximum Gasteiger partial charge on any atom is 0.0587 e. The number of hydrogen-bond acceptors (Lipinski definition) is 3. The van der Waals surface area contributed by atoms with E-state index in [9.17, 15) is 5.11 Å². The minimum Gasteiger partial charge on any atom is -0.395 e. The Morgan fingerprint density at radius 3 is 2.68 bits per heavy atom. The summed E-state index contributed by atoms with van der Waals surface area (Å²) >= 11 is 0. The maximum absolute atomic E-state index is 9.46. The molecule has 0 aliphatic carbocycles. The number of aliphatic hydroxyl groups excluding tert-OH is 1. The second-order valence-electron chi connectivity index (χ2n) is 4.75. The van der Waals surface area contributed by atoms with E-state index in [0.717, 1.165) is 13.0 Å². The van der Waals surface area contributed by atoms with Gasteiger partial charge < -0.3 is 10.4 Å². The molecule has 0 unspecified atom stereocenters. The van der Waals surface area contributed by atoms with E-state index in [-0.39, 0.29) is 12.6 Å². The summed E-state index contributed by atoms with van der Waals surface area (Å²) in [5.74, 6) is 0. The van der Waals surface area contributed by atoms with Crippen LogP contribution in [0, 0.1) is 6.92 Å². The van der Waals surface area contributed by atoms with Crippen molar-refractivity contribution in [2.24, 2.45) is 0 Å². The molecule has 0 saturated heterocycles. The molecule has 19 heavy (non-hydrogen) atoms. The maximum atomic E-state index is 9.46. The van der Waals surface area contributed by atoms with Gasteiger partial charge in [0.2, 0.25) is 0 Å². The Bertz CT molecular complexity index is 499. The highest BCUT2D eigenvalue weighted by atomic mass is 16.3.